The zero-order valence-electron chi connectivity index (χ0n) is 23.2. The molecule has 0 aliphatic carbocycles. The van der Waals surface area contributed by atoms with E-state index < -0.39 is 41.8 Å². The SMILES string of the molecule is O=C(Nc1cc(CN2CCC[C@H]2C(F)(F)F)c(-c2cccc(C(F)(F)F)c2)cn1)c1cnc(N2CCC(C(=O)O)CC2)cn1. The number of anilines is 2. The van der Waals surface area contributed by atoms with E-state index in [0.717, 1.165) is 12.1 Å². The maximum Gasteiger partial charge on any atom is 0.416 e. The number of alkyl halides is 6. The van der Waals surface area contributed by atoms with E-state index in [1.165, 1.54) is 41.7 Å². The minimum absolute atomic E-state index is 0.0231. The van der Waals surface area contributed by atoms with Crippen LogP contribution in [0.2, 0.25) is 0 Å². The molecular formula is C29H28F6N6O3. The highest BCUT2D eigenvalue weighted by Gasteiger charge is 2.45. The number of nitrogens with zero attached hydrogens (tertiary/aromatic N) is 5. The van der Waals surface area contributed by atoms with Crippen LogP contribution in [0, 0.1) is 5.92 Å². The van der Waals surface area contributed by atoms with Crippen molar-refractivity contribution in [3.8, 4) is 11.1 Å². The van der Waals surface area contributed by atoms with E-state index in [0.29, 0.717) is 38.2 Å². The van der Waals surface area contributed by atoms with E-state index in [4.69, 9.17) is 0 Å². The summed E-state index contributed by atoms with van der Waals surface area (Å²) in [7, 11) is 0. The first kappa shape index (κ1) is 31.2. The Labute approximate surface area is 247 Å². The van der Waals surface area contributed by atoms with Crippen LogP contribution in [0.25, 0.3) is 11.1 Å². The largest absolute Gasteiger partial charge is 0.481 e. The highest BCUT2D eigenvalue weighted by Crippen LogP contribution is 2.37. The predicted molar refractivity (Wildman–Crippen MR) is 147 cm³/mol. The fourth-order valence-corrected chi connectivity index (χ4v) is 5.56. The van der Waals surface area contributed by atoms with Crippen molar-refractivity contribution in [3.63, 3.8) is 0 Å². The molecule has 1 amide bonds. The molecule has 1 atom stereocenters. The van der Waals surface area contributed by atoms with Crippen molar-refractivity contribution < 1.29 is 41.0 Å². The number of aliphatic carboxylic acids is 1. The summed E-state index contributed by atoms with van der Waals surface area (Å²) < 4.78 is 81.3. The van der Waals surface area contributed by atoms with Gasteiger partial charge in [-0.15, -0.1) is 0 Å². The minimum Gasteiger partial charge on any atom is -0.481 e. The van der Waals surface area contributed by atoms with Gasteiger partial charge in [0.1, 0.15) is 23.4 Å². The molecule has 2 aliphatic heterocycles. The van der Waals surface area contributed by atoms with E-state index >= 15 is 0 Å². The van der Waals surface area contributed by atoms with Gasteiger partial charge >= 0.3 is 18.3 Å². The number of carbonyl (C=O) groups excluding carboxylic acids is 1. The van der Waals surface area contributed by atoms with E-state index in [1.807, 2.05) is 4.90 Å². The summed E-state index contributed by atoms with van der Waals surface area (Å²) in [5.41, 5.74) is -0.399. The number of amides is 1. The zero-order chi connectivity index (χ0) is 31.6. The molecule has 0 bridgehead atoms. The Hall–Kier alpha value is -4.27. The lowest BCUT2D eigenvalue weighted by Crippen LogP contribution is -2.40. The van der Waals surface area contributed by atoms with Gasteiger partial charge in [-0.05, 0) is 61.6 Å². The van der Waals surface area contributed by atoms with Crippen molar-refractivity contribution in [3.05, 3.63) is 65.7 Å². The molecule has 0 radical (unpaired) electrons. The molecule has 234 valence electrons. The van der Waals surface area contributed by atoms with Gasteiger partial charge in [-0.2, -0.15) is 26.3 Å². The van der Waals surface area contributed by atoms with Crippen LogP contribution in [-0.4, -0.2) is 68.7 Å². The van der Waals surface area contributed by atoms with Gasteiger partial charge in [0.25, 0.3) is 5.91 Å². The fraction of sp³-hybridized carbons (Fsp3) is 0.414. The maximum atomic E-state index is 13.7. The Bertz CT molecular complexity index is 1510. The van der Waals surface area contributed by atoms with Crippen LogP contribution in [-0.2, 0) is 17.5 Å². The van der Waals surface area contributed by atoms with Crippen molar-refractivity contribution in [2.45, 2.75) is 50.6 Å². The second-order valence-electron chi connectivity index (χ2n) is 10.8. The molecule has 9 nitrogen and oxygen atoms in total. The second kappa shape index (κ2) is 12.4. The summed E-state index contributed by atoms with van der Waals surface area (Å²) in [6, 6.07) is 4.09. The number of carboxylic acid groups (broad SMARTS) is 1. The Balaban J connectivity index is 1.37. The molecular weight excluding hydrogens is 594 g/mol. The molecule has 0 spiro atoms. The van der Waals surface area contributed by atoms with Gasteiger partial charge in [-0.25, -0.2) is 15.0 Å². The number of pyridine rings is 1. The normalized spacial score (nSPS) is 18.4. The number of piperidine rings is 1. The number of carboxylic acids is 1. The summed E-state index contributed by atoms with van der Waals surface area (Å²) in [5.74, 6) is -1.52. The van der Waals surface area contributed by atoms with Crippen LogP contribution in [0.5, 0.6) is 0 Å². The van der Waals surface area contributed by atoms with Crippen LogP contribution >= 0.6 is 0 Å². The van der Waals surface area contributed by atoms with E-state index in [1.54, 1.807) is 0 Å². The summed E-state index contributed by atoms with van der Waals surface area (Å²) in [5, 5.41) is 11.7. The number of benzene rings is 1. The molecule has 2 fully saturated rings. The van der Waals surface area contributed by atoms with Crippen molar-refractivity contribution >= 4 is 23.5 Å². The molecule has 2 saturated heterocycles. The molecule has 4 heterocycles. The molecule has 0 saturated carbocycles. The number of likely N-dealkylation sites (tertiary alicyclic amines) is 1. The molecule has 2 aliphatic rings. The first-order valence-electron chi connectivity index (χ1n) is 13.9. The third-order valence-corrected chi connectivity index (χ3v) is 7.89. The Morgan fingerprint density at radius 2 is 1.68 bits per heavy atom. The van der Waals surface area contributed by atoms with Crippen molar-refractivity contribution in [2.24, 2.45) is 5.92 Å². The monoisotopic (exact) mass is 622 g/mol. The number of carbonyl (C=O) groups is 2. The van der Waals surface area contributed by atoms with Gasteiger partial charge in [-0.3, -0.25) is 14.5 Å². The Morgan fingerprint density at radius 3 is 2.32 bits per heavy atom. The van der Waals surface area contributed by atoms with Gasteiger partial charge < -0.3 is 15.3 Å². The maximum absolute atomic E-state index is 13.7. The van der Waals surface area contributed by atoms with Crippen LogP contribution in [0.3, 0.4) is 0 Å². The number of hydrogen-bond donors (Lipinski definition) is 2. The van der Waals surface area contributed by atoms with Crippen LogP contribution < -0.4 is 10.2 Å². The van der Waals surface area contributed by atoms with Crippen molar-refractivity contribution in [1.82, 2.24) is 19.9 Å². The predicted octanol–water partition coefficient (Wildman–Crippen LogP) is 5.64. The van der Waals surface area contributed by atoms with Crippen molar-refractivity contribution in [2.75, 3.05) is 29.9 Å². The standard InChI is InChI=1S/C29H28F6N6O3/c30-28(31,32)20-4-1-3-18(11-20)21-13-37-24(12-19(21)16-41-8-2-5-23(41)29(33,34)35)39-26(42)22-14-38-25(15-36-22)40-9-6-17(7-10-40)27(43)44/h1,3-4,11-15,17,23H,2,5-10,16H2,(H,43,44)(H,37,39,42)/t23-/m0/s1. The van der Waals surface area contributed by atoms with Gasteiger partial charge in [0.05, 0.1) is 23.9 Å². The second-order valence-corrected chi connectivity index (χ2v) is 10.8. The quantitative estimate of drug-likeness (QED) is 0.326. The number of aromatic nitrogens is 3. The summed E-state index contributed by atoms with van der Waals surface area (Å²) in [6.07, 6.45) is -4.13. The molecule has 1 aromatic carbocycles. The van der Waals surface area contributed by atoms with Gasteiger partial charge in [0, 0.05) is 31.4 Å². The first-order valence-corrected chi connectivity index (χ1v) is 13.9. The average molecular weight is 623 g/mol. The summed E-state index contributed by atoms with van der Waals surface area (Å²) in [6.45, 7) is 0.850. The van der Waals surface area contributed by atoms with Crippen LogP contribution in [0.1, 0.15) is 47.3 Å². The van der Waals surface area contributed by atoms with Gasteiger partial charge in [0.15, 0.2) is 0 Å². The third-order valence-electron chi connectivity index (χ3n) is 7.89. The molecule has 0 unspecified atom stereocenters. The zero-order valence-corrected chi connectivity index (χ0v) is 23.2. The number of hydrogen-bond acceptors (Lipinski definition) is 7. The molecule has 44 heavy (non-hydrogen) atoms. The molecule has 2 N–H and O–H groups in total. The minimum atomic E-state index is -4.63. The Kier molecular flexibility index (Phi) is 8.77. The molecule has 2 aromatic heterocycles. The lowest BCUT2D eigenvalue weighted by Gasteiger charge is -2.30. The van der Waals surface area contributed by atoms with Gasteiger partial charge in [0.2, 0.25) is 0 Å². The van der Waals surface area contributed by atoms with E-state index in [2.05, 4.69) is 20.3 Å². The summed E-state index contributed by atoms with van der Waals surface area (Å²) in [4.78, 5) is 39.8. The lowest BCUT2D eigenvalue weighted by atomic mass is 9.97. The van der Waals surface area contributed by atoms with E-state index in [9.17, 15) is 41.0 Å². The highest BCUT2D eigenvalue weighted by atomic mass is 19.4. The molecule has 15 heteroatoms. The van der Waals surface area contributed by atoms with Gasteiger partial charge in [-0.1, -0.05) is 12.1 Å². The van der Waals surface area contributed by atoms with E-state index in [-0.39, 0.29) is 47.7 Å². The topological polar surface area (TPSA) is 112 Å². The van der Waals surface area contributed by atoms with Crippen LogP contribution in [0.15, 0.2) is 48.9 Å². The number of nitrogens with one attached hydrogen (secondary N) is 1. The third kappa shape index (κ3) is 7.09. The Morgan fingerprint density at radius 1 is 0.932 bits per heavy atom. The number of rotatable bonds is 7. The number of halogens is 6. The molecule has 5 rings (SSSR count). The first-order chi connectivity index (χ1) is 20.8. The molecule has 3 aromatic rings. The smallest absolute Gasteiger partial charge is 0.416 e. The van der Waals surface area contributed by atoms with Crippen LogP contribution in [0.4, 0.5) is 38.0 Å². The lowest BCUT2D eigenvalue weighted by molar-refractivity contribution is -0.177. The fourth-order valence-electron chi connectivity index (χ4n) is 5.56. The summed E-state index contributed by atoms with van der Waals surface area (Å²) >= 11 is 0. The highest BCUT2D eigenvalue weighted by molar-refractivity contribution is 6.02. The average Bonchev–Trinajstić information content (AvgIpc) is 3.46. The van der Waals surface area contributed by atoms with Crippen molar-refractivity contribution in [1.29, 1.82) is 0 Å².